The molecule has 13 heteroatoms. The highest BCUT2D eigenvalue weighted by Crippen LogP contribution is 2.35. The highest BCUT2D eigenvalue weighted by atomic mass is 16.5. The minimum Gasteiger partial charge on any atom is -0.485 e. The number of aliphatic hydroxyl groups excluding tert-OH is 1. The third-order valence-corrected chi connectivity index (χ3v) is 6.80. The average molecular weight is 552 g/mol. The lowest BCUT2D eigenvalue weighted by molar-refractivity contribution is 0.0372. The quantitative estimate of drug-likeness (QED) is 0.401. The molecule has 0 aliphatic carbocycles. The summed E-state index contributed by atoms with van der Waals surface area (Å²) >= 11 is 0. The standard InChI is InChI=1S/C27H33N7O6/c1-15-12-34(16(2)14-35)26(37)19-7-6-8-20(30-25(36)21-11-28-9-10-29-21)24(19)39-22(15)13-33(5)27(38)31-23-17(3)32-40-18(23)4/h6-11,15-16,22,35H,12-14H2,1-5H3,(H,30,36)(H,31,38)/t15-,16-,22-/m0/s1. The molecule has 0 saturated heterocycles. The number of hydrogen-bond donors (Lipinski definition) is 3. The van der Waals surface area contributed by atoms with E-state index in [1.54, 1.807) is 50.9 Å². The van der Waals surface area contributed by atoms with Gasteiger partial charge in [-0.1, -0.05) is 18.1 Å². The van der Waals surface area contributed by atoms with E-state index >= 15 is 0 Å². The summed E-state index contributed by atoms with van der Waals surface area (Å²) in [5.41, 5.74) is 1.63. The highest BCUT2D eigenvalue weighted by molar-refractivity contribution is 6.06. The molecule has 1 aliphatic rings. The molecule has 1 aliphatic heterocycles. The van der Waals surface area contributed by atoms with E-state index in [0.29, 0.717) is 17.1 Å². The van der Waals surface area contributed by atoms with E-state index in [-0.39, 0.29) is 54.2 Å². The number of anilines is 2. The second-order valence-electron chi connectivity index (χ2n) is 9.86. The predicted molar refractivity (Wildman–Crippen MR) is 145 cm³/mol. The summed E-state index contributed by atoms with van der Waals surface area (Å²) in [5, 5.41) is 19.3. The van der Waals surface area contributed by atoms with Gasteiger partial charge < -0.3 is 34.8 Å². The topological polar surface area (TPSA) is 163 Å². The van der Waals surface area contributed by atoms with Gasteiger partial charge in [0, 0.05) is 31.9 Å². The minimum atomic E-state index is -0.588. The largest absolute Gasteiger partial charge is 0.485 e. The van der Waals surface area contributed by atoms with Crippen LogP contribution in [0.1, 0.15) is 46.1 Å². The summed E-state index contributed by atoms with van der Waals surface area (Å²) < 4.78 is 11.6. The molecular weight excluding hydrogens is 518 g/mol. The van der Waals surface area contributed by atoms with Crippen molar-refractivity contribution in [1.29, 1.82) is 0 Å². The lowest BCUT2D eigenvalue weighted by Crippen LogP contribution is -2.50. The van der Waals surface area contributed by atoms with Crippen molar-refractivity contribution in [3.63, 3.8) is 0 Å². The van der Waals surface area contributed by atoms with Gasteiger partial charge in [-0.25, -0.2) is 9.78 Å². The molecule has 3 atom stereocenters. The highest BCUT2D eigenvalue weighted by Gasteiger charge is 2.35. The molecular formula is C27H33N7O6. The molecule has 13 nitrogen and oxygen atoms in total. The molecule has 0 unspecified atom stereocenters. The number of amides is 4. The van der Waals surface area contributed by atoms with Gasteiger partial charge >= 0.3 is 6.03 Å². The van der Waals surface area contributed by atoms with E-state index in [0.717, 1.165) is 0 Å². The Morgan fingerprint density at radius 2 is 2.02 bits per heavy atom. The maximum absolute atomic E-state index is 13.6. The zero-order valence-corrected chi connectivity index (χ0v) is 23.0. The second kappa shape index (κ2) is 12.1. The fourth-order valence-electron chi connectivity index (χ4n) is 4.38. The van der Waals surface area contributed by atoms with Crippen molar-refractivity contribution in [2.75, 3.05) is 37.4 Å². The summed E-state index contributed by atoms with van der Waals surface area (Å²) in [6, 6.07) is 4.00. The first-order valence-electron chi connectivity index (χ1n) is 12.8. The van der Waals surface area contributed by atoms with Crippen molar-refractivity contribution >= 4 is 29.2 Å². The van der Waals surface area contributed by atoms with Crippen LogP contribution in [0.3, 0.4) is 0 Å². The zero-order chi connectivity index (χ0) is 29.0. The van der Waals surface area contributed by atoms with Crippen molar-refractivity contribution < 1.29 is 28.8 Å². The molecule has 40 heavy (non-hydrogen) atoms. The normalized spacial score (nSPS) is 17.6. The Kier molecular flexibility index (Phi) is 8.63. The van der Waals surface area contributed by atoms with Crippen molar-refractivity contribution in [2.24, 2.45) is 5.92 Å². The fraction of sp³-hybridized carbons (Fsp3) is 0.407. The van der Waals surface area contributed by atoms with Crippen LogP contribution in [0.15, 0.2) is 41.3 Å². The molecule has 0 bridgehead atoms. The van der Waals surface area contributed by atoms with Crippen molar-refractivity contribution in [2.45, 2.75) is 39.8 Å². The van der Waals surface area contributed by atoms with Gasteiger partial charge in [-0.05, 0) is 32.9 Å². The van der Waals surface area contributed by atoms with E-state index in [2.05, 4.69) is 25.8 Å². The number of carbonyl (C=O) groups is 3. The Morgan fingerprint density at radius 3 is 2.67 bits per heavy atom. The number of ether oxygens (including phenoxy) is 1. The first-order valence-corrected chi connectivity index (χ1v) is 12.8. The maximum atomic E-state index is 13.6. The van der Waals surface area contributed by atoms with Gasteiger partial charge in [0.2, 0.25) is 0 Å². The van der Waals surface area contributed by atoms with Crippen LogP contribution in [0, 0.1) is 19.8 Å². The molecule has 3 aromatic rings. The molecule has 4 amide bonds. The molecule has 0 radical (unpaired) electrons. The van der Waals surface area contributed by atoms with Crippen LogP contribution in [-0.2, 0) is 0 Å². The number of nitrogens with zero attached hydrogens (tertiary/aromatic N) is 5. The van der Waals surface area contributed by atoms with E-state index in [4.69, 9.17) is 9.26 Å². The second-order valence-corrected chi connectivity index (χ2v) is 9.86. The van der Waals surface area contributed by atoms with Gasteiger partial charge in [0.1, 0.15) is 23.2 Å². The number of urea groups is 1. The summed E-state index contributed by atoms with van der Waals surface area (Å²) in [7, 11) is 1.63. The number of carbonyl (C=O) groups excluding carboxylic acids is 3. The maximum Gasteiger partial charge on any atom is 0.321 e. The van der Waals surface area contributed by atoms with E-state index in [1.165, 1.54) is 23.5 Å². The van der Waals surface area contributed by atoms with E-state index in [1.807, 2.05) is 6.92 Å². The summed E-state index contributed by atoms with van der Waals surface area (Å²) in [6.07, 6.45) is 3.60. The molecule has 212 valence electrons. The number of para-hydroxylation sites is 1. The molecule has 2 aromatic heterocycles. The first-order chi connectivity index (χ1) is 19.1. The summed E-state index contributed by atoms with van der Waals surface area (Å²) in [4.78, 5) is 50.6. The molecule has 1 aromatic carbocycles. The van der Waals surface area contributed by atoms with Gasteiger partial charge in [-0.15, -0.1) is 0 Å². The number of benzene rings is 1. The number of likely N-dealkylation sites (N-methyl/N-ethyl adjacent to an activating group) is 1. The minimum absolute atomic E-state index is 0.0912. The van der Waals surface area contributed by atoms with E-state index in [9.17, 15) is 19.5 Å². The Morgan fingerprint density at radius 1 is 1.25 bits per heavy atom. The van der Waals surface area contributed by atoms with Crippen LogP contribution in [0.25, 0.3) is 0 Å². The van der Waals surface area contributed by atoms with Crippen LogP contribution < -0.4 is 15.4 Å². The fourth-order valence-corrected chi connectivity index (χ4v) is 4.38. The number of fused-ring (bicyclic) bond motifs is 1. The van der Waals surface area contributed by atoms with Crippen LogP contribution in [0.2, 0.25) is 0 Å². The Bertz CT molecular complexity index is 1360. The monoisotopic (exact) mass is 551 g/mol. The SMILES string of the molecule is Cc1noc(C)c1NC(=O)N(C)C[C@@H]1Oc2c(NC(=O)c3cnccn3)cccc2C(=O)N([C@@H](C)CO)C[C@@H]1C. The van der Waals surface area contributed by atoms with Gasteiger partial charge in [-0.2, -0.15) is 0 Å². The van der Waals surface area contributed by atoms with Crippen LogP contribution in [0.5, 0.6) is 5.75 Å². The number of rotatable bonds is 7. The van der Waals surface area contributed by atoms with E-state index < -0.39 is 24.1 Å². The van der Waals surface area contributed by atoms with Gasteiger partial charge in [0.15, 0.2) is 11.5 Å². The van der Waals surface area contributed by atoms with Crippen LogP contribution in [0.4, 0.5) is 16.2 Å². The number of aromatic nitrogens is 3. The molecule has 3 N–H and O–H groups in total. The van der Waals surface area contributed by atoms with Crippen molar-refractivity contribution in [3.8, 4) is 5.75 Å². The van der Waals surface area contributed by atoms with Crippen LogP contribution in [-0.4, -0.2) is 86.8 Å². The lowest BCUT2D eigenvalue weighted by Gasteiger charge is -2.38. The Balaban J connectivity index is 1.66. The van der Waals surface area contributed by atoms with Gasteiger partial charge in [-0.3, -0.25) is 14.6 Å². The first kappa shape index (κ1) is 28.5. The third kappa shape index (κ3) is 6.04. The van der Waals surface area contributed by atoms with Crippen molar-refractivity contribution in [1.82, 2.24) is 24.9 Å². The third-order valence-electron chi connectivity index (χ3n) is 6.80. The molecule has 0 spiro atoms. The molecule has 4 rings (SSSR count). The van der Waals surface area contributed by atoms with Gasteiger partial charge in [0.05, 0.1) is 36.6 Å². The number of aryl methyl sites for hydroxylation is 2. The van der Waals surface area contributed by atoms with Crippen LogP contribution >= 0.6 is 0 Å². The number of nitrogens with one attached hydrogen (secondary N) is 2. The summed E-state index contributed by atoms with van der Waals surface area (Å²) in [6.45, 7) is 7.29. The molecule has 0 fully saturated rings. The Hall–Kier alpha value is -4.52. The number of aliphatic hydroxyl groups is 1. The molecule has 0 saturated carbocycles. The summed E-state index contributed by atoms with van der Waals surface area (Å²) in [5.74, 6) is -0.484. The smallest absolute Gasteiger partial charge is 0.321 e. The molecule has 3 heterocycles. The number of hydrogen-bond acceptors (Lipinski definition) is 9. The van der Waals surface area contributed by atoms with Crippen molar-refractivity contribution in [3.05, 3.63) is 59.5 Å². The van der Waals surface area contributed by atoms with Gasteiger partial charge in [0.25, 0.3) is 11.8 Å². The zero-order valence-electron chi connectivity index (χ0n) is 23.0. The Labute approximate surface area is 231 Å². The lowest BCUT2D eigenvalue weighted by atomic mass is 9.99. The predicted octanol–water partition coefficient (Wildman–Crippen LogP) is 2.72. The average Bonchev–Trinajstić information content (AvgIpc) is 3.27.